The molecule has 3 rings (SSSR count). The predicted molar refractivity (Wildman–Crippen MR) is 111 cm³/mol. The predicted octanol–water partition coefficient (Wildman–Crippen LogP) is 1.68. The standard InChI is InChI=1S/C22H27N3O4/c1-27-19-13-17(14-20(28-2)21(19)29-3)22(26)24-23-18-9-11-25(12-10-18)15-16-7-5-4-6-8-16/h4-8,13-14H,9-12,15H2,1-3H3,(H,24,26)/p+1. The highest BCUT2D eigenvalue weighted by Crippen LogP contribution is 2.38. The minimum atomic E-state index is -0.309. The number of nitrogens with one attached hydrogen (secondary N) is 2. The van der Waals surface area contributed by atoms with Gasteiger partial charge in [-0.05, 0) is 12.1 Å². The van der Waals surface area contributed by atoms with E-state index in [-0.39, 0.29) is 5.91 Å². The van der Waals surface area contributed by atoms with E-state index in [4.69, 9.17) is 14.2 Å². The molecular weight excluding hydrogens is 370 g/mol. The van der Waals surface area contributed by atoms with Crippen LogP contribution in [0, 0.1) is 0 Å². The average Bonchev–Trinajstić information content (AvgIpc) is 2.78. The third kappa shape index (κ3) is 5.26. The van der Waals surface area contributed by atoms with E-state index in [1.165, 1.54) is 31.8 Å². The summed E-state index contributed by atoms with van der Waals surface area (Å²) in [6.07, 6.45) is 1.75. The van der Waals surface area contributed by atoms with Crippen LogP contribution in [0.4, 0.5) is 0 Å². The average molecular weight is 398 g/mol. The zero-order valence-corrected chi connectivity index (χ0v) is 17.2. The Hall–Kier alpha value is -3.06. The van der Waals surface area contributed by atoms with Gasteiger partial charge in [0.1, 0.15) is 6.54 Å². The number of nitrogens with zero attached hydrogens (tertiary/aromatic N) is 1. The van der Waals surface area contributed by atoms with Gasteiger partial charge in [0.15, 0.2) is 11.5 Å². The van der Waals surface area contributed by atoms with Crippen LogP contribution in [0.2, 0.25) is 0 Å². The van der Waals surface area contributed by atoms with Crippen LogP contribution in [0.3, 0.4) is 0 Å². The van der Waals surface area contributed by atoms with Crippen molar-refractivity contribution in [2.24, 2.45) is 5.10 Å². The Labute approximate surface area is 171 Å². The lowest BCUT2D eigenvalue weighted by Crippen LogP contribution is -3.11. The first-order valence-electron chi connectivity index (χ1n) is 9.68. The van der Waals surface area contributed by atoms with Crippen molar-refractivity contribution in [3.63, 3.8) is 0 Å². The van der Waals surface area contributed by atoms with Crippen LogP contribution in [0.25, 0.3) is 0 Å². The van der Waals surface area contributed by atoms with E-state index >= 15 is 0 Å². The zero-order chi connectivity index (χ0) is 20.6. The number of quaternary nitrogens is 1. The molecule has 0 unspecified atom stereocenters. The Balaban J connectivity index is 1.58. The smallest absolute Gasteiger partial charge is 0.271 e. The first-order chi connectivity index (χ1) is 14.1. The topological polar surface area (TPSA) is 73.6 Å². The fourth-order valence-electron chi connectivity index (χ4n) is 3.47. The van der Waals surface area contributed by atoms with Crippen LogP contribution in [-0.4, -0.2) is 46.0 Å². The van der Waals surface area contributed by atoms with Crippen molar-refractivity contribution in [3.05, 3.63) is 53.6 Å². The van der Waals surface area contributed by atoms with Gasteiger partial charge in [-0.3, -0.25) is 4.79 Å². The van der Waals surface area contributed by atoms with E-state index in [9.17, 15) is 4.79 Å². The van der Waals surface area contributed by atoms with Crippen molar-refractivity contribution in [1.29, 1.82) is 0 Å². The number of hydrogen-bond donors (Lipinski definition) is 2. The fourth-order valence-corrected chi connectivity index (χ4v) is 3.47. The number of hydrogen-bond acceptors (Lipinski definition) is 5. The summed E-state index contributed by atoms with van der Waals surface area (Å²) in [6.45, 7) is 3.04. The fraction of sp³-hybridized carbons (Fsp3) is 0.364. The van der Waals surface area contributed by atoms with Gasteiger partial charge >= 0.3 is 0 Å². The lowest BCUT2D eigenvalue weighted by molar-refractivity contribution is -0.914. The highest BCUT2D eigenvalue weighted by Gasteiger charge is 2.20. The van der Waals surface area contributed by atoms with Gasteiger partial charge in [0, 0.05) is 29.7 Å². The SMILES string of the molecule is COc1cc(C(=O)NN=C2CC[NH+](Cc3ccccc3)CC2)cc(OC)c1OC. The number of likely N-dealkylation sites (tertiary alicyclic amines) is 1. The van der Waals surface area contributed by atoms with E-state index < -0.39 is 0 Å². The molecule has 1 heterocycles. The van der Waals surface area contributed by atoms with Gasteiger partial charge in [0.2, 0.25) is 5.75 Å². The molecule has 0 atom stereocenters. The molecule has 1 amide bonds. The second-order valence-corrected chi connectivity index (χ2v) is 6.95. The summed E-state index contributed by atoms with van der Waals surface area (Å²) in [5.41, 5.74) is 5.42. The minimum Gasteiger partial charge on any atom is -0.493 e. The summed E-state index contributed by atoms with van der Waals surface area (Å²) in [5, 5.41) is 4.35. The highest BCUT2D eigenvalue weighted by molar-refractivity contribution is 5.96. The molecule has 2 aromatic rings. The van der Waals surface area contributed by atoms with Crippen LogP contribution in [0.5, 0.6) is 17.2 Å². The Morgan fingerprint density at radius 3 is 2.17 bits per heavy atom. The molecule has 1 fully saturated rings. The monoisotopic (exact) mass is 398 g/mol. The van der Waals surface area contributed by atoms with E-state index in [2.05, 4.69) is 34.8 Å². The third-order valence-electron chi connectivity index (χ3n) is 5.07. The molecule has 1 aliphatic rings. The number of amides is 1. The summed E-state index contributed by atoms with van der Waals surface area (Å²) in [6, 6.07) is 13.7. The molecule has 29 heavy (non-hydrogen) atoms. The van der Waals surface area contributed by atoms with Crippen molar-refractivity contribution in [3.8, 4) is 17.2 Å². The van der Waals surface area contributed by atoms with E-state index in [1.54, 1.807) is 12.1 Å². The van der Waals surface area contributed by atoms with Gasteiger partial charge in [-0.25, -0.2) is 5.43 Å². The molecule has 2 aromatic carbocycles. The maximum absolute atomic E-state index is 12.6. The third-order valence-corrected chi connectivity index (χ3v) is 5.07. The van der Waals surface area contributed by atoms with Gasteiger partial charge in [-0.1, -0.05) is 30.3 Å². The lowest BCUT2D eigenvalue weighted by atomic mass is 10.1. The van der Waals surface area contributed by atoms with Crippen molar-refractivity contribution >= 4 is 11.6 Å². The molecule has 0 bridgehead atoms. The number of benzene rings is 2. The lowest BCUT2D eigenvalue weighted by Gasteiger charge is -2.24. The first kappa shape index (κ1) is 20.7. The number of rotatable bonds is 7. The van der Waals surface area contributed by atoms with Gasteiger partial charge in [0.05, 0.1) is 34.4 Å². The second kappa shape index (κ2) is 9.93. The van der Waals surface area contributed by atoms with Gasteiger partial charge in [-0.15, -0.1) is 0 Å². The molecule has 1 saturated heterocycles. The van der Waals surface area contributed by atoms with Gasteiger partial charge < -0.3 is 19.1 Å². The van der Waals surface area contributed by atoms with Crippen LogP contribution >= 0.6 is 0 Å². The number of hydrazone groups is 1. The zero-order valence-electron chi connectivity index (χ0n) is 17.2. The van der Waals surface area contributed by atoms with E-state index in [0.29, 0.717) is 22.8 Å². The van der Waals surface area contributed by atoms with Crippen molar-refractivity contribution < 1.29 is 23.9 Å². The molecule has 0 aromatic heterocycles. The molecule has 0 radical (unpaired) electrons. The Morgan fingerprint density at radius 2 is 1.62 bits per heavy atom. The Morgan fingerprint density at radius 1 is 1.00 bits per heavy atom. The second-order valence-electron chi connectivity index (χ2n) is 6.95. The molecule has 1 aliphatic heterocycles. The summed E-state index contributed by atoms with van der Waals surface area (Å²) in [4.78, 5) is 14.1. The molecule has 154 valence electrons. The van der Waals surface area contributed by atoms with Crippen LogP contribution in [0.15, 0.2) is 47.6 Å². The number of methoxy groups -OCH3 is 3. The summed E-state index contributed by atoms with van der Waals surface area (Å²) >= 11 is 0. The Bertz CT molecular complexity index is 833. The van der Waals surface area contributed by atoms with Gasteiger partial charge in [-0.2, -0.15) is 5.10 Å². The van der Waals surface area contributed by atoms with Crippen molar-refractivity contribution in [2.75, 3.05) is 34.4 Å². The maximum atomic E-state index is 12.6. The minimum absolute atomic E-state index is 0.309. The molecular formula is C22H28N3O4+. The van der Waals surface area contributed by atoms with E-state index in [0.717, 1.165) is 38.2 Å². The molecule has 0 spiro atoms. The molecule has 0 saturated carbocycles. The van der Waals surface area contributed by atoms with Crippen molar-refractivity contribution in [1.82, 2.24) is 5.43 Å². The normalized spacial score (nSPS) is 16.1. The molecule has 2 N–H and O–H groups in total. The van der Waals surface area contributed by atoms with Gasteiger partial charge in [0.25, 0.3) is 5.91 Å². The summed E-state index contributed by atoms with van der Waals surface area (Å²) in [5.74, 6) is 1.01. The highest BCUT2D eigenvalue weighted by atomic mass is 16.5. The summed E-state index contributed by atoms with van der Waals surface area (Å²) in [7, 11) is 4.56. The largest absolute Gasteiger partial charge is 0.493 e. The number of carbonyl (C=O) groups excluding carboxylic acids is 1. The van der Waals surface area contributed by atoms with Crippen LogP contribution in [-0.2, 0) is 6.54 Å². The maximum Gasteiger partial charge on any atom is 0.271 e. The molecule has 7 heteroatoms. The quantitative estimate of drug-likeness (QED) is 0.696. The van der Waals surface area contributed by atoms with Crippen LogP contribution in [0.1, 0.15) is 28.8 Å². The first-order valence-corrected chi connectivity index (χ1v) is 9.68. The summed E-state index contributed by atoms with van der Waals surface area (Å²) < 4.78 is 15.9. The molecule has 7 nitrogen and oxygen atoms in total. The number of ether oxygens (including phenoxy) is 3. The van der Waals surface area contributed by atoms with Crippen molar-refractivity contribution in [2.45, 2.75) is 19.4 Å². The number of piperidine rings is 1. The molecule has 0 aliphatic carbocycles. The number of carbonyl (C=O) groups is 1. The van der Waals surface area contributed by atoms with Crippen LogP contribution < -0.4 is 24.5 Å². The Kier molecular flexibility index (Phi) is 7.08. The van der Waals surface area contributed by atoms with E-state index in [1.807, 2.05) is 6.07 Å².